The number of benzene rings is 2. The molecule has 0 amide bonds. The van der Waals surface area contributed by atoms with Gasteiger partial charge < -0.3 is 10.2 Å². The Morgan fingerprint density at radius 1 is 0.932 bits per heavy atom. The molecule has 10 heteroatoms. The number of piperidine rings is 1. The highest BCUT2D eigenvalue weighted by molar-refractivity contribution is 5.83. The summed E-state index contributed by atoms with van der Waals surface area (Å²) in [7, 11) is 1.59. The van der Waals surface area contributed by atoms with Crippen molar-refractivity contribution in [2.45, 2.75) is 52.4 Å². The van der Waals surface area contributed by atoms with Crippen LogP contribution in [0.1, 0.15) is 51.2 Å². The maximum absolute atomic E-state index is 15.3. The molecule has 0 atom stereocenters. The lowest BCUT2D eigenvalue weighted by atomic mass is 9.86. The van der Waals surface area contributed by atoms with Crippen LogP contribution in [0.3, 0.4) is 0 Å². The highest BCUT2D eigenvalue weighted by atomic mass is 19.1. The quantitative estimate of drug-likeness (QED) is 0.266. The minimum absolute atomic E-state index is 0.0108. The zero-order valence-corrected chi connectivity index (χ0v) is 25.7. The second kappa shape index (κ2) is 11.3. The largest absolute Gasteiger partial charge is 0.370 e. The number of halogens is 1. The van der Waals surface area contributed by atoms with Crippen molar-refractivity contribution < 1.29 is 4.39 Å². The van der Waals surface area contributed by atoms with Crippen LogP contribution in [0.4, 0.5) is 21.6 Å². The number of fused-ring (bicyclic) bond motifs is 1. The smallest absolute Gasteiger partial charge is 0.290 e. The number of nitrogens with zero attached hydrogens (tertiary/aromatic N) is 6. The van der Waals surface area contributed by atoms with Crippen molar-refractivity contribution in [2.75, 3.05) is 23.3 Å². The maximum atomic E-state index is 15.3. The Kier molecular flexibility index (Phi) is 7.53. The summed E-state index contributed by atoms with van der Waals surface area (Å²) < 4.78 is 17.8. The van der Waals surface area contributed by atoms with Crippen LogP contribution in [0.25, 0.3) is 27.7 Å². The summed E-state index contributed by atoms with van der Waals surface area (Å²) in [5.41, 5.74) is 3.47. The molecule has 3 aromatic heterocycles. The van der Waals surface area contributed by atoms with Crippen molar-refractivity contribution >= 4 is 28.0 Å². The fraction of sp³-hybridized carbons (Fsp3) is 0.324. The standard InChI is InChI=1S/C34H36FN7O2/c1-21-25(10-9-11-29(21)42-33(44)31-22(19-37-42)16-23(17-26(31)35)34(2,3)4)27-18-28(32(43)40(5)39-27)38-30-13-12-24(20-36-30)41-14-7-6-8-15-41/h9-13,16-20H,6-8,14-15H2,1-5H3,(H,36,38). The van der Waals surface area contributed by atoms with Gasteiger partial charge in [0.15, 0.2) is 0 Å². The Balaban J connectivity index is 1.36. The maximum Gasteiger partial charge on any atom is 0.290 e. The van der Waals surface area contributed by atoms with Crippen molar-refractivity contribution in [3.8, 4) is 16.9 Å². The van der Waals surface area contributed by atoms with E-state index in [-0.39, 0.29) is 16.4 Å². The first-order valence-electron chi connectivity index (χ1n) is 14.9. The number of aryl methyl sites for hydroxylation is 1. The molecule has 0 aliphatic carbocycles. The van der Waals surface area contributed by atoms with Crippen LogP contribution >= 0.6 is 0 Å². The molecule has 0 radical (unpaired) electrons. The summed E-state index contributed by atoms with van der Waals surface area (Å²) in [6.07, 6.45) is 6.96. The topological polar surface area (TPSA) is 97.9 Å². The van der Waals surface area contributed by atoms with Crippen molar-refractivity contribution in [1.82, 2.24) is 24.5 Å². The minimum Gasteiger partial charge on any atom is -0.370 e. The Morgan fingerprint density at radius 3 is 2.41 bits per heavy atom. The second-order valence-electron chi connectivity index (χ2n) is 12.4. The van der Waals surface area contributed by atoms with E-state index in [0.717, 1.165) is 24.3 Å². The number of hydrogen-bond acceptors (Lipinski definition) is 7. The molecule has 4 heterocycles. The van der Waals surface area contributed by atoms with Crippen LogP contribution in [0, 0.1) is 12.7 Å². The van der Waals surface area contributed by atoms with Crippen LogP contribution in [0.2, 0.25) is 0 Å². The number of nitrogens with one attached hydrogen (secondary N) is 1. The second-order valence-corrected chi connectivity index (χ2v) is 12.4. The van der Waals surface area contributed by atoms with E-state index in [1.54, 1.807) is 25.2 Å². The minimum atomic E-state index is -0.574. The molecule has 0 bridgehead atoms. The molecular weight excluding hydrogens is 557 g/mol. The lowest BCUT2D eigenvalue weighted by Crippen LogP contribution is -2.29. The highest BCUT2D eigenvalue weighted by Crippen LogP contribution is 2.29. The fourth-order valence-corrected chi connectivity index (χ4v) is 5.74. The summed E-state index contributed by atoms with van der Waals surface area (Å²) in [6.45, 7) is 9.88. The Labute approximate surface area is 255 Å². The van der Waals surface area contributed by atoms with E-state index >= 15 is 4.39 Å². The van der Waals surface area contributed by atoms with Crippen molar-refractivity contribution in [3.63, 3.8) is 0 Å². The molecule has 0 spiro atoms. The molecule has 5 aromatic rings. The van der Waals surface area contributed by atoms with E-state index in [4.69, 9.17) is 0 Å². The summed E-state index contributed by atoms with van der Waals surface area (Å²) in [5, 5.41) is 12.5. The summed E-state index contributed by atoms with van der Waals surface area (Å²) in [5.74, 6) is -0.0237. The van der Waals surface area contributed by atoms with Gasteiger partial charge in [-0.1, -0.05) is 32.9 Å². The first-order chi connectivity index (χ1) is 21.0. The van der Waals surface area contributed by atoms with Gasteiger partial charge >= 0.3 is 0 Å². The fourth-order valence-electron chi connectivity index (χ4n) is 5.74. The summed E-state index contributed by atoms with van der Waals surface area (Å²) in [4.78, 5) is 33.5. The SMILES string of the molecule is Cc1c(-c2cc(Nc3ccc(N4CCCCC4)cn3)c(=O)n(C)n2)cccc1-n1ncc2cc(C(C)(C)C)cc(F)c2c1=O. The van der Waals surface area contributed by atoms with Gasteiger partial charge in [-0.3, -0.25) is 9.59 Å². The van der Waals surface area contributed by atoms with E-state index < -0.39 is 11.4 Å². The van der Waals surface area contributed by atoms with Gasteiger partial charge in [0.2, 0.25) is 0 Å². The Morgan fingerprint density at radius 2 is 1.70 bits per heavy atom. The van der Waals surface area contributed by atoms with Crippen LogP contribution in [0.15, 0.2) is 70.5 Å². The molecule has 226 valence electrons. The van der Waals surface area contributed by atoms with Gasteiger partial charge in [0, 0.05) is 31.1 Å². The van der Waals surface area contributed by atoms with Crippen LogP contribution in [-0.4, -0.2) is 37.6 Å². The van der Waals surface area contributed by atoms with E-state index in [2.05, 4.69) is 25.4 Å². The predicted octanol–water partition coefficient (Wildman–Crippen LogP) is 6.02. The number of aromatic nitrogens is 5. The number of rotatable bonds is 5. The number of hydrogen-bond donors (Lipinski definition) is 1. The van der Waals surface area contributed by atoms with Gasteiger partial charge in [0.1, 0.15) is 17.3 Å². The van der Waals surface area contributed by atoms with E-state index in [0.29, 0.717) is 39.4 Å². The third-order valence-electron chi connectivity index (χ3n) is 8.31. The predicted molar refractivity (Wildman–Crippen MR) is 173 cm³/mol. The number of pyridine rings is 1. The van der Waals surface area contributed by atoms with Gasteiger partial charge in [-0.25, -0.2) is 14.1 Å². The lowest BCUT2D eigenvalue weighted by Gasteiger charge is -2.28. The molecule has 1 fully saturated rings. The van der Waals surface area contributed by atoms with Gasteiger partial charge in [0.05, 0.1) is 34.8 Å². The van der Waals surface area contributed by atoms with Crippen molar-refractivity contribution in [1.29, 1.82) is 0 Å². The van der Waals surface area contributed by atoms with Gasteiger partial charge in [0.25, 0.3) is 11.1 Å². The molecule has 0 unspecified atom stereocenters. The zero-order chi connectivity index (χ0) is 31.2. The van der Waals surface area contributed by atoms with Gasteiger partial charge in [-0.05, 0) is 79.1 Å². The molecule has 1 saturated heterocycles. The molecule has 0 saturated carbocycles. The molecule has 1 aliphatic heterocycles. The average Bonchev–Trinajstić information content (AvgIpc) is 3.00. The first kappa shape index (κ1) is 29.2. The Bertz CT molecular complexity index is 1990. The Hall–Kier alpha value is -4.86. The molecule has 2 aromatic carbocycles. The van der Waals surface area contributed by atoms with E-state index in [1.807, 2.05) is 58.2 Å². The highest BCUT2D eigenvalue weighted by Gasteiger charge is 2.20. The first-order valence-corrected chi connectivity index (χ1v) is 14.9. The lowest BCUT2D eigenvalue weighted by molar-refractivity contribution is 0.576. The van der Waals surface area contributed by atoms with Gasteiger partial charge in [-0.2, -0.15) is 14.9 Å². The van der Waals surface area contributed by atoms with E-state index in [9.17, 15) is 9.59 Å². The zero-order valence-electron chi connectivity index (χ0n) is 25.7. The molecule has 44 heavy (non-hydrogen) atoms. The molecule has 1 aliphatic rings. The van der Waals surface area contributed by atoms with Crippen LogP contribution in [-0.2, 0) is 12.5 Å². The molecule has 9 nitrogen and oxygen atoms in total. The van der Waals surface area contributed by atoms with Gasteiger partial charge in [-0.15, -0.1) is 0 Å². The third kappa shape index (κ3) is 5.47. The third-order valence-corrected chi connectivity index (χ3v) is 8.31. The van der Waals surface area contributed by atoms with Crippen LogP contribution < -0.4 is 21.3 Å². The summed E-state index contributed by atoms with van der Waals surface area (Å²) in [6, 6.07) is 14.2. The monoisotopic (exact) mass is 593 g/mol. The average molecular weight is 594 g/mol. The normalized spacial score (nSPS) is 13.8. The molecule has 6 rings (SSSR count). The molecular formula is C34H36FN7O2. The van der Waals surface area contributed by atoms with Crippen molar-refractivity contribution in [3.05, 3.63) is 98.6 Å². The number of anilines is 3. The molecule has 1 N–H and O–H groups in total. The summed E-state index contributed by atoms with van der Waals surface area (Å²) >= 11 is 0. The van der Waals surface area contributed by atoms with Crippen LogP contribution in [0.5, 0.6) is 0 Å². The van der Waals surface area contributed by atoms with E-state index in [1.165, 1.54) is 40.9 Å². The van der Waals surface area contributed by atoms with Crippen molar-refractivity contribution in [2.24, 2.45) is 7.05 Å².